The van der Waals surface area contributed by atoms with Crippen LogP contribution in [-0.2, 0) is 42.7 Å². The summed E-state index contributed by atoms with van der Waals surface area (Å²) in [7, 11) is 10.6. The molecule has 26 heteroatoms. The minimum absolute atomic E-state index is 0. The van der Waals surface area contributed by atoms with E-state index in [2.05, 4.69) is 49.3 Å². The molecule has 24 nitrogen and oxygen atoms in total. The Bertz CT molecular complexity index is 4340. The molecule has 4 aromatic heterocycles. The van der Waals surface area contributed by atoms with Crippen LogP contribution in [0.25, 0.3) is 22.3 Å². The second kappa shape index (κ2) is 35.5. The number of hydroxylamine groups is 5. The summed E-state index contributed by atoms with van der Waals surface area (Å²) in [6.07, 6.45) is 20.0. The number of carbonyl (C=O) groups is 5. The van der Waals surface area contributed by atoms with Gasteiger partial charge in [0.1, 0.15) is 0 Å². The number of aryl methyl sites for hydroxylation is 4. The number of Topliss-reactive ketones (excluding diaryl/α,β-unsaturated/α-hetero) is 2. The third-order valence-corrected chi connectivity index (χ3v) is 17.0. The molecule has 5 amide bonds. The number of carbonyl (C=O) groups excluding carboxylic acids is 5. The fourth-order valence-electron chi connectivity index (χ4n) is 11.8. The molecular formula is C73H80ClN12NaO12. The number of nitrogens with zero attached hydrogens (tertiary/aromatic N) is 11. The van der Waals surface area contributed by atoms with Gasteiger partial charge in [-0.1, -0.05) is 103 Å². The van der Waals surface area contributed by atoms with Crippen molar-refractivity contribution in [2.75, 3.05) is 85.3 Å². The van der Waals surface area contributed by atoms with Crippen molar-refractivity contribution in [2.45, 2.75) is 24.2 Å². The van der Waals surface area contributed by atoms with Crippen LogP contribution >= 0.6 is 11.6 Å². The zero-order valence-corrected chi connectivity index (χ0v) is 59.0. The Balaban J connectivity index is 0.000000171. The Morgan fingerprint density at radius 2 is 0.939 bits per heavy atom. The molecule has 2 aromatic carbocycles. The molecule has 12 rings (SSSR count). The molecule has 99 heavy (non-hydrogen) atoms. The molecule has 4 atom stereocenters. The van der Waals surface area contributed by atoms with Crippen molar-refractivity contribution in [3.63, 3.8) is 0 Å². The van der Waals surface area contributed by atoms with E-state index in [1.54, 1.807) is 120 Å². The average molecular weight is 1380 g/mol. The molecular weight excluding hydrogens is 1300 g/mol. The zero-order chi connectivity index (χ0) is 70.2. The van der Waals surface area contributed by atoms with Gasteiger partial charge in [-0.3, -0.25) is 69.7 Å². The number of hydrogen-bond acceptors (Lipinski definition) is 15. The largest absolute Gasteiger partial charge is 1.00 e. The topological polar surface area (TPSA) is 236 Å². The molecule has 6 aliphatic rings. The molecule has 512 valence electrons. The molecule has 0 aliphatic carbocycles. The molecule has 2 fully saturated rings. The number of ketones is 2. The summed E-state index contributed by atoms with van der Waals surface area (Å²) in [5.41, 5.74) is 11.8. The number of pyridine rings is 4. The molecule has 4 unspecified atom stereocenters. The van der Waals surface area contributed by atoms with Crippen molar-refractivity contribution in [3.8, 4) is 0 Å². The van der Waals surface area contributed by atoms with E-state index in [1.165, 1.54) is 37.3 Å². The second-order valence-corrected chi connectivity index (χ2v) is 24.4. The van der Waals surface area contributed by atoms with Crippen LogP contribution in [0, 0.1) is 7.05 Å². The van der Waals surface area contributed by atoms with Crippen LogP contribution in [0.15, 0.2) is 215 Å². The molecule has 0 spiro atoms. The van der Waals surface area contributed by atoms with Gasteiger partial charge in [-0.2, -0.15) is 15.6 Å². The standard InChI is InChI=1S/C23H24ClN3O4.C22H25N3O3.C15H17N3O3.C13H14N3O2.Na/c1-3-11-31-27(23(24)30)20-12-19(18-9-10-22(29)25(2)13-18)14-26(15-20)16-21(28)17-7-5-4-6-8-17;1-3-11-28-23-20-12-19(18-9-10-22(27)24(2)13-18)14-25(15-20)16-21(26)17-7-5-4-6-8-17;1-3-6-21-18-13-7-12(9-17(10-13)15(18)20)11-4-5-14(19)16(2)8-11;1-14-6-9(3-4-12(14)17)10-5-11-8-16(7-10)13(18)15(11)2;/h3-10,12-13,20H,1,11,14-16H2,2H3;3-10,12-13,20,23H,1,11,14-16H2,2H3;3-5,7-8,13H,1,6,9-10H2,2H3;3-6,11H,2,7-8H2,1H3;/q;;;-1;+1. The van der Waals surface area contributed by atoms with Gasteiger partial charge in [0.25, 0.3) is 6.03 Å². The summed E-state index contributed by atoms with van der Waals surface area (Å²) in [5.74, 6) is 0.0462. The molecule has 0 saturated carbocycles. The van der Waals surface area contributed by atoms with Crippen LogP contribution in [0.1, 0.15) is 43.0 Å². The van der Waals surface area contributed by atoms with Gasteiger partial charge in [-0.15, -0.1) is 19.7 Å². The number of hydrogen-bond donors (Lipinski definition) is 1. The maximum atomic E-state index is 12.8. The van der Waals surface area contributed by atoms with E-state index in [0.717, 1.165) is 49.6 Å². The minimum Gasteiger partial charge on any atom is -0.470 e. The van der Waals surface area contributed by atoms with Gasteiger partial charge in [-0.05, 0) is 80.4 Å². The molecule has 6 aliphatic heterocycles. The maximum Gasteiger partial charge on any atom is 1.00 e. The normalized spacial score (nSPS) is 18.5. The Kier molecular flexibility index (Phi) is 27.1. The van der Waals surface area contributed by atoms with Crippen LogP contribution in [-0.4, -0.2) is 191 Å². The second-order valence-electron chi connectivity index (χ2n) is 24.0. The Morgan fingerprint density at radius 1 is 0.525 bits per heavy atom. The van der Waals surface area contributed by atoms with Gasteiger partial charge in [0.2, 0.25) is 22.2 Å². The third-order valence-electron chi connectivity index (χ3n) is 16.8. The minimum atomic E-state index is -0.765. The molecule has 0 radical (unpaired) electrons. The van der Waals surface area contributed by atoms with Gasteiger partial charge in [0.05, 0.1) is 51.0 Å². The Morgan fingerprint density at radius 3 is 1.37 bits per heavy atom. The number of rotatable bonds is 21. The van der Waals surface area contributed by atoms with E-state index in [1.807, 2.05) is 77.8 Å². The number of benzene rings is 2. The van der Waals surface area contributed by atoms with Gasteiger partial charge in [0, 0.05) is 147 Å². The molecule has 6 aromatic rings. The zero-order valence-electron chi connectivity index (χ0n) is 56.3. The van der Waals surface area contributed by atoms with E-state index >= 15 is 0 Å². The first-order valence-corrected chi connectivity index (χ1v) is 32.0. The van der Waals surface area contributed by atoms with Gasteiger partial charge in [0.15, 0.2) is 11.6 Å². The Labute approximate surface area is 601 Å². The van der Waals surface area contributed by atoms with E-state index in [0.29, 0.717) is 83.2 Å². The number of nitrogens with one attached hydrogen (secondary N) is 1. The van der Waals surface area contributed by atoms with Crippen LogP contribution in [0.2, 0.25) is 0 Å². The van der Waals surface area contributed by atoms with Crippen molar-refractivity contribution in [1.29, 1.82) is 0 Å². The van der Waals surface area contributed by atoms with E-state index in [4.69, 9.17) is 26.1 Å². The predicted octanol–water partition coefficient (Wildman–Crippen LogP) is 3.85. The van der Waals surface area contributed by atoms with Crippen LogP contribution < -0.4 is 57.3 Å². The van der Waals surface area contributed by atoms with E-state index in [-0.39, 0.29) is 107 Å². The van der Waals surface area contributed by atoms with E-state index in [9.17, 15) is 43.2 Å². The summed E-state index contributed by atoms with van der Waals surface area (Å²) in [5, 5.41) is 1.72. The van der Waals surface area contributed by atoms with Crippen molar-refractivity contribution in [1.82, 2.24) is 58.4 Å². The summed E-state index contributed by atoms with van der Waals surface area (Å²) < 4.78 is 6.13. The van der Waals surface area contributed by atoms with Gasteiger partial charge < -0.3 is 33.0 Å². The first-order chi connectivity index (χ1) is 47.1. The summed E-state index contributed by atoms with van der Waals surface area (Å²) in [6.45, 7) is 16.7. The summed E-state index contributed by atoms with van der Waals surface area (Å²) in [4.78, 5) is 133. The van der Waals surface area contributed by atoms with Crippen LogP contribution in [0.5, 0.6) is 0 Å². The fourth-order valence-corrected chi connectivity index (χ4v) is 12.0. The quantitative estimate of drug-likeness (QED) is 0.0158. The van der Waals surface area contributed by atoms with Crippen molar-refractivity contribution in [2.24, 2.45) is 28.2 Å². The fraction of sp³-hybridized carbons (Fsp3) is 0.288. The number of amides is 5. The number of halogens is 1. The molecule has 10 heterocycles. The third kappa shape index (κ3) is 19.8. The van der Waals surface area contributed by atoms with Crippen molar-refractivity contribution in [3.05, 3.63) is 278 Å². The SMILES string of the molecule is C=CCON(C(=O)Cl)C1C=C(c2ccc(=O)n(C)c2)CN(CC(=O)c2ccccc2)C1.C=CCON1C(=O)N2CC(c3ccc(=O)n(C)c3)=CC1C2.C=CCONC1C=C(c2ccc(=O)n(C)c2)CN(CC(=O)c2ccccc2)C1.[CH2-]N1C(=O)N2CC(c3ccc(=O)n(C)c3)=CC1C2.[Na+]. The van der Waals surface area contributed by atoms with E-state index < -0.39 is 11.4 Å². The number of aromatic nitrogens is 4. The average Bonchev–Trinajstić information content (AvgIpc) is 1.54. The van der Waals surface area contributed by atoms with Crippen molar-refractivity contribution >= 4 is 62.9 Å². The molecule has 2 saturated heterocycles. The monoisotopic (exact) mass is 1370 g/mol. The maximum absolute atomic E-state index is 12.8. The Hall–Kier alpha value is -9.18. The van der Waals surface area contributed by atoms with Crippen molar-refractivity contribution < 1.29 is 68.0 Å². The first-order valence-electron chi connectivity index (χ1n) is 31.6. The molecule has 4 bridgehead atoms. The predicted molar refractivity (Wildman–Crippen MR) is 376 cm³/mol. The number of fused-ring (bicyclic) bond motifs is 4. The first kappa shape index (κ1) is 75.6. The smallest absolute Gasteiger partial charge is 0.470 e. The molecule has 1 N–H and O–H groups in total. The van der Waals surface area contributed by atoms with Gasteiger partial charge in [-0.25, -0.2) is 4.79 Å². The summed E-state index contributed by atoms with van der Waals surface area (Å²) in [6, 6.07) is 30.8. The van der Waals surface area contributed by atoms with Crippen LogP contribution in [0.4, 0.5) is 14.4 Å². The number of urea groups is 2. The van der Waals surface area contributed by atoms with Crippen LogP contribution in [0.3, 0.4) is 0 Å². The van der Waals surface area contributed by atoms with Gasteiger partial charge >= 0.3 is 41.0 Å². The summed E-state index contributed by atoms with van der Waals surface area (Å²) >= 11 is 5.77.